The van der Waals surface area contributed by atoms with E-state index in [1.165, 1.54) is 6.07 Å². The Morgan fingerprint density at radius 1 is 1.52 bits per heavy atom. The Balaban J connectivity index is 2.13. The molecule has 0 saturated carbocycles. The van der Waals surface area contributed by atoms with Crippen molar-refractivity contribution in [2.45, 2.75) is 39.2 Å². The predicted octanol–water partition coefficient (Wildman–Crippen LogP) is 4.06. The van der Waals surface area contributed by atoms with Gasteiger partial charge in [0, 0.05) is 23.1 Å². The molecule has 1 heterocycles. The number of carbonyl (C=O) groups is 1. The van der Waals surface area contributed by atoms with Gasteiger partial charge in [0.25, 0.3) is 0 Å². The largest absolute Gasteiger partial charge is 0.481 e. The number of benzene rings is 1. The van der Waals surface area contributed by atoms with Crippen molar-refractivity contribution in [3.63, 3.8) is 0 Å². The van der Waals surface area contributed by atoms with Gasteiger partial charge in [-0.05, 0) is 44.0 Å². The molecule has 0 spiro atoms. The van der Waals surface area contributed by atoms with Crippen LogP contribution >= 0.6 is 15.9 Å². The molecule has 1 saturated heterocycles. The second-order valence-corrected chi connectivity index (χ2v) is 6.80. The van der Waals surface area contributed by atoms with Crippen LogP contribution in [0.1, 0.15) is 38.2 Å². The molecular formula is C16H21BrFNO2. The molecule has 1 unspecified atom stereocenters. The minimum Gasteiger partial charge on any atom is -0.481 e. The Morgan fingerprint density at radius 3 is 2.95 bits per heavy atom. The number of hydrogen-bond donors (Lipinski definition) is 1. The zero-order valence-electron chi connectivity index (χ0n) is 12.2. The maximum Gasteiger partial charge on any atom is 0.310 e. The Kier molecular flexibility index (Phi) is 5.38. The zero-order valence-corrected chi connectivity index (χ0v) is 13.8. The first kappa shape index (κ1) is 16.4. The fourth-order valence-electron chi connectivity index (χ4n) is 3.23. The van der Waals surface area contributed by atoms with Crippen LogP contribution in [0.25, 0.3) is 0 Å². The number of hydrogen-bond acceptors (Lipinski definition) is 2. The average molecular weight is 358 g/mol. The van der Waals surface area contributed by atoms with Crippen molar-refractivity contribution in [1.82, 2.24) is 4.90 Å². The molecule has 1 N–H and O–H groups in total. The van der Waals surface area contributed by atoms with E-state index in [1.54, 1.807) is 12.1 Å². The van der Waals surface area contributed by atoms with E-state index in [9.17, 15) is 14.3 Å². The Bertz CT molecular complexity index is 519. The quantitative estimate of drug-likeness (QED) is 0.863. The highest BCUT2D eigenvalue weighted by Gasteiger charge is 2.41. The Labute approximate surface area is 133 Å². The summed E-state index contributed by atoms with van der Waals surface area (Å²) in [7, 11) is 0. The lowest BCUT2D eigenvalue weighted by Gasteiger charge is -2.40. The minimum absolute atomic E-state index is 0.236. The van der Waals surface area contributed by atoms with Crippen LogP contribution in [0.4, 0.5) is 4.39 Å². The number of nitrogens with zero attached hydrogens (tertiary/aromatic N) is 1. The van der Waals surface area contributed by atoms with Gasteiger partial charge in [0.1, 0.15) is 5.82 Å². The summed E-state index contributed by atoms with van der Waals surface area (Å²) >= 11 is 3.35. The fraction of sp³-hybridized carbons (Fsp3) is 0.562. The second-order valence-electron chi connectivity index (χ2n) is 5.89. The molecule has 0 amide bonds. The lowest BCUT2D eigenvalue weighted by molar-refractivity contribution is -0.153. The first-order valence-electron chi connectivity index (χ1n) is 7.36. The van der Waals surface area contributed by atoms with Gasteiger partial charge in [0.2, 0.25) is 0 Å². The standard InChI is InChI=1S/C16H21BrFNO2/c1-2-6-16(15(20)21)7-3-8-19(11-16)10-12-9-13(17)4-5-14(12)18/h4-5,9H,2-3,6-8,10-11H2,1H3,(H,20,21). The molecule has 1 aliphatic rings. The second kappa shape index (κ2) is 6.88. The number of halogens is 2. The Morgan fingerprint density at radius 2 is 2.29 bits per heavy atom. The van der Waals surface area contributed by atoms with Gasteiger partial charge in [-0.2, -0.15) is 0 Å². The molecular weight excluding hydrogens is 337 g/mol. The van der Waals surface area contributed by atoms with Gasteiger partial charge in [-0.1, -0.05) is 29.3 Å². The third-order valence-corrected chi connectivity index (χ3v) is 4.73. The van der Waals surface area contributed by atoms with Crippen molar-refractivity contribution < 1.29 is 14.3 Å². The number of carboxylic acids is 1. The molecule has 1 aliphatic heterocycles. The van der Waals surface area contributed by atoms with E-state index < -0.39 is 11.4 Å². The lowest BCUT2D eigenvalue weighted by Crippen LogP contribution is -2.47. The van der Waals surface area contributed by atoms with Gasteiger partial charge in [-0.3, -0.25) is 9.69 Å². The maximum absolute atomic E-state index is 13.9. The van der Waals surface area contributed by atoms with Gasteiger partial charge in [-0.25, -0.2) is 4.39 Å². The summed E-state index contributed by atoms with van der Waals surface area (Å²) in [5.41, 5.74) is -0.0581. The molecule has 2 rings (SSSR count). The zero-order chi connectivity index (χ0) is 15.5. The van der Waals surface area contributed by atoms with Crippen molar-refractivity contribution in [3.05, 3.63) is 34.1 Å². The number of likely N-dealkylation sites (tertiary alicyclic amines) is 1. The van der Waals surface area contributed by atoms with Gasteiger partial charge < -0.3 is 5.11 Å². The third kappa shape index (κ3) is 3.83. The van der Waals surface area contributed by atoms with Gasteiger partial charge >= 0.3 is 5.97 Å². The molecule has 0 bridgehead atoms. The first-order chi connectivity index (χ1) is 9.97. The molecule has 21 heavy (non-hydrogen) atoms. The van der Waals surface area contributed by atoms with E-state index in [4.69, 9.17) is 0 Å². The van der Waals surface area contributed by atoms with Crippen molar-refractivity contribution >= 4 is 21.9 Å². The molecule has 0 aliphatic carbocycles. The van der Waals surface area contributed by atoms with E-state index in [0.717, 1.165) is 23.9 Å². The number of aliphatic carboxylic acids is 1. The first-order valence-corrected chi connectivity index (χ1v) is 8.16. The molecule has 3 nitrogen and oxygen atoms in total. The molecule has 1 fully saturated rings. The predicted molar refractivity (Wildman–Crippen MR) is 83.6 cm³/mol. The van der Waals surface area contributed by atoms with Crippen LogP contribution in [-0.2, 0) is 11.3 Å². The molecule has 116 valence electrons. The van der Waals surface area contributed by atoms with Crippen LogP contribution in [0.15, 0.2) is 22.7 Å². The molecule has 0 radical (unpaired) electrons. The van der Waals surface area contributed by atoms with E-state index >= 15 is 0 Å². The van der Waals surface area contributed by atoms with Crippen LogP contribution in [-0.4, -0.2) is 29.1 Å². The summed E-state index contributed by atoms with van der Waals surface area (Å²) in [6.07, 6.45) is 3.10. The van der Waals surface area contributed by atoms with Crippen molar-refractivity contribution in [3.8, 4) is 0 Å². The van der Waals surface area contributed by atoms with Gasteiger partial charge in [0.15, 0.2) is 0 Å². The van der Waals surface area contributed by atoms with E-state index in [1.807, 2.05) is 6.92 Å². The molecule has 1 atom stereocenters. The van der Waals surface area contributed by atoms with Crippen LogP contribution in [0.5, 0.6) is 0 Å². The third-order valence-electron chi connectivity index (χ3n) is 4.24. The topological polar surface area (TPSA) is 40.5 Å². The average Bonchev–Trinajstić information content (AvgIpc) is 2.43. The van der Waals surface area contributed by atoms with Crippen LogP contribution < -0.4 is 0 Å². The van der Waals surface area contributed by atoms with E-state index in [2.05, 4.69) is 20.8 Å². The van der Waals surface area contributed by atoms with Crippen LogP contribution in [0, 0.1) is 11.2 Å². The van der Waals surface area contributed by atoms with Crippen molar-refractivity contribution in [2.24, 2.45) is 5.41 Å². The van der Waals surface area contributed by atoms with Crippen LogP contribution in [0.3, 0.4) is 0 Å². The normalized spacial score (nSPS) is 23.2. The highest BCUT2D eigenvalue weighted by atomic mass is 79.9. The monoisotopic (exact) mass is 357 g/mol. The van der Waals surface area contributed by atoms with Crippen LogP contribution in [0.2, 0.25) is 0 Å². The molecule has 1 aromatic rings. The summed E-state index contributed by atoms with van der Waals surface area (Å²) in [6, 6.07) is 4.89. The van der Waals surface area contributed by atoms with Gasteiger partial charge in [-0.15, -0.1) is 0 Å². The smallest absolute Gasteiger partial charge is 0.310 e. The molecule has 1 aromatic carbocycles. The summed E-state index contributed by atoms with van der Waals surface area (Å²) in [5, 5.41) is 9.59. The van der Waals surface area contributed by atoms with Crippen molar-refractivity contribution in [2.75, 3.05) is 13.1 Å². The van der Waals surface area contributed by atoms with E-state index in [-0.39, 0.29) is 5.82 Å². The highest BCUT2D eigenvalue weighted by Crippen LogP contribution is 2.35. The summed E-state index contributed by atoms with van der Waals surface area (Å²) < 4.78 is 14.7. The lowest BCUT2D eigenvalue weighted by atomic mass is 9.76. The SMILES string of the molecule is CCCC1(C(=O)O)CCCN(Cc2cc(Br)ccc2F)C1. The van der Waals surface area contributed by atoms with Gasteiger partial charge in [0.05, 0.1) is 5.41 Å². The summed E-state index contributed by atoms with van der Waals surface area (Å²) in [6.45, 7) is 3.80. The fourth-order valence-corrected chi connectivity index (χ4v) is 3.64. The molecule has 5 heteroatoms. The number of piperidine rings is 1. The highest BCUT2D eigenvalue weighted by molar-refractivity contribution is 9.10. The Hall–Kier alpha value is -0.940. The summed E-state index contributed by atoms with van der Waals surface area (Å²) in [4.78, 5) is 13.7. The van der Waals surface area contributed by atoms with E-state index in [0.29, 0.717) is 31.5 Å². The molecule has 0 aromatic heterocycles. The number of rotatable bonds is 5. The number of carboxylic acid groups (broad SMARTS) is 1. The van der Waals surface area contributed by atoms with Crippen molar-refractivity contribution in [1.29, 1.82) is 0 Å². The maximum atomic E-state index is 13.9. The summed E-state index contributed by atoms with van der Waals surface area (Å²) in [5.74, 6) is -0.955. The minimum atomic E-state index is -0.719.